The lowest BCUT2D eigenvalue weighted by molar-refractivity contribution is -0.146. The Morgan fingerprint density at radius 2 is 2.15 bits per heavy atom. The monoisotopic (exact) mass is 182 g/mol. The largest absolute Gasteiger partial charge is 0.449 e. The highest BCUT2D eigenvalue weighted by atomic mass is 16.5. The van der Waals surface area contributed by atoms with Gasteiger partial charge in [-0.1, -0.05) is 32.6 Å². The third-order valence-electron chi connectivity index (χ3n) is 1.74. The topological polar surface area (TPSA) is 26.3 Å². The highest BCUT2D eigenvalue weighted by molar-refractivity contribution is 5.69. The maximum absolute atomic E-state index is 11.1. The fourth-order valence-corrected chi connectivity index (χ4v) is 0.977. The Bertz CT molecular complexity index is 179. The van der Waals surface area contributed by atoms with Crippen molar-refractivity contribution in [2.45, 2.75) is 52.1 Å². The molecule has 74 valence electrons. The highest BCUT2D eigenvalue weighted by Gasteiger charge is 2.09. The zero-order chi connectivity index (χ0) is 10.1. The minimum atomic E-state index is -0.325. The van der Waals surface area contributed by atoms with Gasteiger partial charge in [0.15, 0.2) is 6.10 Å². The number of hydrogen-bond acceptors (Lipinski definition) is 2. The predicted molar refractivity (Wildman–Crippen MR) is 53.1 cm³/mol. The van der Waals surface area contributed by atoms with Crippen molar-refractivity contribution < 1.29 is 9.53 Å². The molecule has 0 amide bonds. The number of carbonyl (C=O) groups is 1. The molecule has 0 saturated heterocycles. The fraction of sp³-hybridized carbons (Fsp3) is 0.727. The van der Waals surface area contributed by atoms with Crippen LogP contribution in [0.25, 0.3) is 0 Å². The second-order valence-corrected chi connectivity index (χ2v) is 3.04. The summed E-state index contributed by atoms with van der Waals surface area (Å²) in [6.45, 7) is 4.06. The minimum absolute atomic E-state index is 0.168. The quantitative estimate of drug-likeness (QED) is 0.466. The maximum atomic E-state index is 11.1. The molecule has 0 fully saturated rings. The van der Waals surface area contributed by atoms with Crippen molar-refractivity contribution in [2.24, 2.45) is 0 Å². The molecule has 0 spiro atoms. The molecular formula is C11H18O2. The molecule has 0 radical (unpaired) electrons. The van der Waals surface area contributed by atoms with Crippen molar-refractivity contribution in [3.8, 4) is 12.3 Å². The van der Waals surface area contributed by atoms with Crippen molar-refractivity contribution in [1.29, 1.82) is 0 Å². The van der Waals surface area contributed by atoms with E-state index < -0.39 is 0 Å². The first-order valence-electron chi connectivity index (χ1n) is 4.90. The molecular weight excluding hydrogens is 164 g/mol. The third kappa shape index (κ3) is 6.21. The van der Waals surface area contributed by atoms with Crippen LogP contribution in [0.3, 0.4) is 0 Å². The van der Waals surface area contributed by atoms with Gasteiger partial charge in [0.2, 0.25) is 0 Å². The van der Waals surface area contributed by atoms with E-state index in [0.717, 1.165) is 25.7 Å². The number of esters is 1. The Balaban J connectivity index is 3.68. The lowest BCUT2D eigenvalue weighted by Crippen LogP contribution is -2.15. The first-order valence-corrected chi connectivity index (χ1v) is 4.90. The van der Waals surface area contributed by atoms with Crippen LogP contribution >= 0.6 is 0 Å². The summed E-state index contributed by atoms with van der Waals surface area (Å²) in [4.78, 5) is 11.1. The Labute approximate surface area is 80.7 Å². The molecule has 0 N–H and O–H groups in total. The summed E-state index contributed by atoms with van der Waals surface area (Å²) in [6.07, 6.45) is 8.95. The van der Waals surface area contributed by atoms with E-state index in [4.69, 9.17) is 11.2 Å². The average molecular weight is 182 g/mol. The van der Waals surface area contributed by atoms with Gasteiger partial charge >= 0.3 is 5.97 Å². The highest BCUT2D eigenvalue weighted by Crippen LogP contribution is 2.04. The van der Waals surface area contributed by atoms with Crippen LogP contribution in [-0.4, -0.2) is 12.1 Å². The molecule has 1 unspecified atom stereocenters. The summed E-state index contributed by atoms with van der Waals surface area (Å²) in [6, 6.07) is 0. The Hall–Kier alpha value is -0.970. The van der Waals surface area contributed by atoms with E-state index >= 15 is 0 Å². The van der Waals surface area contributed by atoms with Crippen molar-refractivity contribution in [1.82, 2.24) is 0 Å². The molecule has 13 heavy (non-hydrogen) atoms. The van der Waals surface area contributed by atoms with Crippen LogP contribution in [0, 0.1) is 12.3 Å². The van der Waals surface area contributed by atoms with Gasteiger partial charge < -0.3 is 4.74 Å². The number of ether oxygens (including phenoxy) is 1. The Morgan fingerprint density at radius 1 is 1.46 bits per heavy atom. The van der Waals surface area contributed by atoms with Gasteiger partial charge in [0.1, 0.15) is 0 Å². The van der Waals surface area contributed by atoms with Crippen molar-refractivity contribution in [3.05, 3.63) is 0 Å². The molecule has 0 bridgehead atoms. The van der Waals surface area contributed by atoms with Crippen LogP contribution in [0.1, 0.15) is 46.0 Å². The van der Waals surface area contributed by atoms with Crippen LogP contribution < -0.4 is 0 Å². The Morgan fingerprint density at radius 3 is 2.62 bits per heavy atom. The lowest BCUT2D eigenvalue weighted by atomic mass is 10.2. The van der Waals surface area contributed by atoms with E-state index in [1.807, 2.05) is 13.8 Å². The van der Waals surface area contributed by atoms with Gasteiger partial charge in [-0.05, 0) is 12.8 Å². The Kier molecular flexibility index (Phi) is 7.10. The van der Waals surface area contributed by atoms with Gasteiger partial charge in [-0.25, -0.2) is 0 Å². The molecule has 0 aliphatic rings. The summed E-state index contributed by atoms with van der Waals surface area (Å²) >= 11 is 0. The summed E-state index contributed by atoms with van der Waals surface area (Å²) in [5, 5.41) is 0. The van der Waals surface area contributed by atoms with Crippen molar-refractivity contribution in [3.63, 3.8) is 0 Å². The first kappa shape index (κ1) is 12.0. The zero-order valence-electron chi connectivity index (χ0n) is 8.51. The second-order valence-electron chi connectivity index (χ2n) is 3.04. The fourth-order valence-electron chi connectivity index (χ4n) is 0.977. The number of hydrogen-bond donors (Lipinski definition) is 0. The number of carbonyl (C=O) groups excluding carboxylic acids is 1. The summed E-state index contributed by atoms with van der Waals surface area (Å²) in [5.41, 5.74) is 0. The van der Waals surface area contributed by atoms with Crippen molar-refractivity contribution >= 4 is 5.97 Å². The van der Waals surface area contributed by atoms with Crippen LogP contribution in [0.5, 0.6) is 0 Å². The van der Waals surface area contributed by atoms with Gasteiger partial charge in [0.25, 0.3) is 0 Å². The first-order chi connectivity index (χ1) is 6.24. The van der Waals surface area contributed by atoms with E-state index in [9.17, 15) is 4.79 Å². The number of rotatable bonds is 6. The lowest BCUT2D eigenvalue weighted by Gasteiger charge is -2.10. The standard InChI is InChI=1S/C11H18O2/c1-4-7-9-11(12)13-10(6-3)8-5-2/h3,10H,4-5,7-9H2,1-2H3. The molecule has 2 nitrogen and oxygen atoms in total. The van der Waals surface area contributed by atoms with E-state index in [2.05, 4.69) is 5.92 Å². The summed E-state index contributed by atoms with van der Waals surface area (Å²) < 4.78 is 5.07. The number of terminal acetylenes is 1. The molecule has 0 aliphatic carbocycles. The molecule has 0 aromatic carbocycles. The third-order valence-corrected chi connectivity index (χ3v) is 1.74. The SMILES string of the molecule is C#CC(CCC)OC(=O)CCCC. The predicted octanol–water partition coefficient (Wildman–Crippen LogP) is 2.52. The van der Waals surface area contributed by atoms with Gasteiger partial charge in [0.05, 0.1) is 0 Å². The van der Waals surface area contributed by atoms with Crippen molar-refractivity contribution in [2.75, 3.05) is 0 Å². The van der Waals surface area contributed by atoms with Gasteiger partial charge in [-0.3, -0.25) is 4.79 Å². The molecule has 0 heterocycles. The zero-order valence-corrected chi connectivity index (χ0v) is 8.51. The molecule has 1 atom stereocenters. The van der Waals surface area contributed by atoms with Crippen LogP contribution in [-0.2, 0) is 9.53 Å². The van der Waals surface area contributed by atoms with Gasteiger partial charge in [-0.15, -0.1) is 6.42 Å². The van der Waals surface area contributed by atoms with E-state index in [0.29, 0.717) is 6.42 Å². The van der Waals surface area contributed by atoms with Gasteiger partial charge in [0, 0.05) is 6.42 Å². The molecule has 0 aromatic rings. The molecule has 0 aliphatic heterocycles. The molecule has 0 saturated carbocycles. The molecule has 2 heteroatoms. The van der Waals surface area contributed by atoms with E-state index in [-0.39, 0.29) is 12.1 Å². The normalized spacial score (nSPS) is 11.8. The van der Waals surface area contributed by atoms with Gasteiger partial charge in [-0.2, -0.15) is 0 Å². The number of unbranched alkanes of at least 4 members (excludes halogenated alkanes) is 1. The maximum Gasteiger partial charge on any atom is 0.307 e. The average Bonchev–Trinajstić information content (AvgIpc) is 2.14. The summed E-state index contributed by atoms with van der Waals surface area (Å²) in [7, 11) is 0. The van der Waals surface area contributed by atoms with Crippen LogP contribution in [0.15, 0.2) is 0 Å². The second kappa shape index (κ2) is 7.67. The summed E-state index contributed by atoms with van der Waals surface area (Å²) in [5.74, 6) is 2.30. The van der Waals surface area contributed by atoms with E-state index in [1.165, 1.54) is 0 Å². The van der Waals surface area contributed by atoms with E-state index in [1.54, 1.807) is 0 Å². The van der Waals surface area contributed by atoms with Crippen LogP contribution in [0.2, 0.25) is 0 Å². The molecule has 0 rings (SSSR count). The minimum Gasteiger partial charge on any atom is -0.449 e. The van der Waals surface area contributed by atoms with Crippen LogP contribution in [0.4, 0.5) is 0 Å². The molecule has 0 aromatic heterocycles. The smallest absolute Gasteiger partial charge is 0.307 e.